The number of benzene rings is 7. The number of nitrogens with zero attached hydrogens (tertiary/aromatic N) is 2. The van der Waals surface area contributed by atoms with E-state index in [1.54, 1.807) is 0 Å². The van der Waals surface area contributed by atoms with Gasteiger partial charge in [-0.3, -0.25) is 4.57 Å². The molecule has 0 amide bonds. The smallest absolute Gasteiger partial charge is 0.147 e. The van der Waals surface area contributed by atoms with Crippen LogP contribution in [0, 0.1) is 0 Å². The van der Waals surface area contributed by atoms with Crippen LogP contribution in [0.5, 0.6) is 0 Å². The summed E-state index contributed by atoms with van der Waals surface area (Å²) in [5.74, 6) is 1.61. The Morgan fingerprint density at radius 3 is 1.75 bits per heavy atom. The molecule has 9 aromatic rings. The van der Waals surface area contributed by atoms with Gasteiger partial charge in [-0.1, -0.05) is 143 Å². The molecule has 0 aliphatic carbocycles. The Morgan fingerprint density at radius 1 is 0.481 bits per heavy atom. The summed E-state index contributed by atoms with van der Waals surface area (Å²) in [6, 6.07) is 57.4. The lowest BCUT2D eigenvalue weighted by Gasteiger charge is -2.24. The molecule has 2 heterocycles. The van der Waals surface area contributed by atoms with Gasteiger partial charge in [-0.25, -0.2) is 4.98 Å². The van der Waals surface area contributed by atoms with E-state index in [2.05, 4.69) is 190 Å². The van der Waals surface area contributed by atoms with Gasteiger partial charge >= 0.3 is 0 Å². The van der Waals surface area contributed by atoms with Gasteiger partial charge in [-0.2, -0.15) is 0 Å². The van der Waals surface area contributed by atoms with E-state index in [-0.39, 0.29) is 0 Å². The van der Waals surface area contributed by atoms with E-state index in [4.69, 9.17) is 4.98 Å². The second-order valence-electron chi connectivity index (χ2n) is 14.4. The molecule has 2 nitrogen and oxygen atoms in total. The van der Waals surface area contributed by atoms with Gasteiger partial charge in [-0.05, 0) is 98.8 Å². The molecule has 0 N–H and O–H groups in total. The van der Waals surface area contributed by atoms with Crippen LogP contribution in [0.4, 0.5) is 0 Å². The Bertz CT molecular complexity index is 2700. The first kappa shape index (κ1) is 32.2. The van der Waals surface area contributed by atoms with Crippen molar-refractivity contribution >= 4 is 42.5 Å². The maximum absolute atomic E-state index is 5.43. The van der Waals surface area contributed by atoms with Gasteiger partial charge in [0.25, 0.3) is 0 Å². The molecule has 252 valence electrons. The molecule has 9 rings (SSSR count). The first-order valence-corrected chi connectivity index (χ1v) is 19.1. The fraction of sp³-hybridized carbons (Fsp3) is 0.122. The third-order valence-electron chi connectivity index (χ3n) is 10.3. The van der Waals surface area contributed by atoms with Gasteiger partial charge in [0.05, 0.1) is 16.7 Å². The average molecular weight is 689 g/mol. The van der Waals surface area contributed by atoms with Crippen molar-refractivity contribution < 1.29 is 0 Å². The van der Waals surface area contributed by atoms with Crippen molar-refractivity contribution in [2.75, 3.05) is 0 Å². The second-order valence-corrected chi connectivity index (χ2v) is 15.4. The third kappa shape index (κ3) is 5.53. The maximum Gasteiger partial charge on any atom is 0.147 e. The highest BCUT2D eigenvalue weighted by atomic mass is 32.1. The number of imidazole rings is 1. The van der Waals surface area contributed by atoms with Crippen LogP contribution < -0.4 is 0 Å². The molecular formula is C49H40N2S. The minimum absolute atomic E-state index is 0.309. The Morgan fingerprint density at radius 2 is 1.06 bits per heavy atom. The monoisotopic (exact) mass is 688 g/mol. The second kappa shape index (κ2) is 13.1. The number of hydrogen-bond donors (Lipinski definition) is 0. The molecule has 2 aromatic heterocycles. The van der Waals surface area contributed by atoms with Crippen molar-refractivity contribution in [3.05, 3.63) is 169 Å². The lowest BCUT2D eigenvalue weighted by atomic mass is 9.88. The van der Waals surface area contributed by atoms with E-state index in [0.29, 0.717) is 11.8 Å². The number of hydrogen-bond acceptors (Lipinski definition) is 2. The van der Waals surface area contributed by atoms with E-state index < -0.39 is 0 Å². The number of rotatable bonds is 7. The largest absolute Gasteiger partial charge is 0.292 e. The highest BCUT2D eigenvalue weighted by Crippen LogP contribution is 2.45. The average Bonchev–Trinajstić information content (AvgIpc) is 3.76. The predicted octanol–water partition coefficient (Wildman–Crippen LogP) is 14.3. The topological polar surface area (TPSA) is 17.8 Å². The van der Waals surface area contributed by atoms with Gasteiger partial charge < -0.3 is 0 Å². The number of fused-ring (bicyclic) bond motifs is 4. The molecule has 0 saturated heterocycles. The van der Waals surface area contributed by atoms with Gasteiger partial charge in [0.2, 0.25) is 0 Å². The van der Waals surface area contributed by atoms with Crippen molar-refractivity contribution in [2.45, 2.75) is 39.5 Å². The summed E-state index contributed by atoms with van der Waals surface area (Å²) < 4.78 is 5.02. The Kier molecular flexibility index (Phi) is 8.09. The summed E-state index contributed by atoms with van der Waals surface area (Å²) in [5.41, 5.74) is 14.7. The minimum atomic E-state index is 0.309. The van der Waals surface area contributed by atoms with Crippen LogP contribution in [0.25, 0.3) is 81.7 Å². The lowest BCUT2D eigenvalue weighted by molar-refractivity contribution is 0.812. The van der Waals surface area contributed by atoms with Crippen molar-refractivity contribution in [1.29, 1.82) is 0 Å². The predicted molar refractivity (Wildman–Crippen MR) is 224 cm³/mol. The van der Waals surface area contributed by atoms with Crippen LogP contribution in [0.2, 0.25) is 0 Å². The van der Waals surface area contributed by atoms with Gasteiger partial charge in [0.15, 0.2) is 0 Å². The van der Waals surface area contributed by atoms with Crippen molar-refractivity contribution in [2.24, 2.45) is 0 Å². The summed E-state index contributed by atoms with van der Waals surface area (Å²) in [4.78, 5) is 5.43. The maximum atomic E-state index is 5.43. The molecule has 0 bridgehead atoms. The van der Waals surface area contributed by atoms with Crippen molar-refractivity contribution in [3.8, 4) is 50.5 Å². The molecule has 52 heavy (non-hydrogen) atoms. The zero-order chi connectivity index (χ0) is 35.3. The number of para-hydroxylation sites is 2. The molecule has 0 radical (unpaired) electrons. The Hall–Kier alpha value is -5.77. The summed E-state index contributed by atoms with van der Waals surface area (Å²) >= 11 is 1.87. The molecule has 0 fully saturated rings. The van der Waals surface area contributed by atoms with E-state index >= 15 is 0 Å². The molecule has 0 atom stereocenters. The molecule has 3 heteroatoms. The first-order valence-electron chi connectivity index (χ1n) is 18.3. The summed E-state index contributed by atoms with van der Waals surface area (Å²) in [6.07, 6.45) is 0. The normalized spacial score (nSPS) is 11.8. The fourth-order valence-corrected chi connectivity index (χ4v) is 8.96. The summed E-state index contributed by atoms with van der Waals surface area (Å²) in [5, 5.41) is 2.55. The van der Waals surface area contributed by atoms with Crippen LogP contribution in [0.1, 0.15) is 50.7 Å². The van der Waals surface area contributed by atoms with Gasteiger partial charge in [-0.15, -0.1) is 11.3 Å². The molecule has 7 aromatic carbocycles. The summed E-state index contributed by atoms with van der Waals surface area (Å²) in [7, 11) is 0. The highest BCUT2D eigenvalue weighted by Gasteiger charge is 2.25. The van der Waals surface area contributed by atoms with Crippen LogP contribution in [-0.2, 0) is 0 Å². The van der Waals surface area contributed by atoms with Crippen molar-refractivity contribution in [1.82, 2.24) is 9.55 Å². The van der Waals surface area contributed by atoms with Crippen LogP contribution >= 0.6 is 11.3 Å². The molecule has 0 spiro atoms. The first-order chi connectivity index (χ1) is 25.4. The zero-order valence-electron chi connectivity index (χ0n) is 30.0. The third-order valence-corrected chi connectivity index (χ3v) is 11.5. The van der Waals surface area contributed by atoms with Crippen molar-refractivity contribution in [3.63, 3.8) is 0 Å². The lowest BCUT2D eigenvalue weighted by Crippen LogP contribution is -2.09. The van der Waals surface area contributed by atoms with Crippen LogP contribution in [-0.4, -0.2) is 9.55 Å². The highest BCUT2D eigenvalue weighted by molar-refractivity contribution is 7.26. The van der Waals surface area contributed by atoms with E-state index in [1.165, 1.54) is 75.9 Å². The number of aromatic nitrogens is 2. The molecule has 0 aliphatic heterocycles. The van der Waals surface area contributed by atoms with Crippen LogP contribution in [0.3, 0.4) is 0 Å². The molecule has 0 unspecified atom stereocenters. The fourth-order valence-electron chi connectivity index (χ4n) is 7.71. The summed E-state index contributed by atoms with van der Waals surface area (Å²) in [6.45, 7) is 9.26. The van der Waals surface area contributed by atoms with E-state index in [0.717, 1.165) is 16.9 Å². The number of thiophene rings is 1. The van der Waals surface area contributed by atoms with Crippen LogP contribution in [0.15, 0.2) is 158 Å². The standard InChI is InChI=1S/C49H40N2S/c1-31(2)42-28-38(34-17-9-6-10-18-34)29-43(32(3)4)47(42)51-45-24-12-11-23-44(45)50-49(51)41-22-14-21-40-39-26-25-37(30-46(39)52-48(40)41)36-20-13-19-35(27-36)33-15-7-5-8-16-33/h5-32H,1-4H3. The van der Waals surface area contributed by atoms with E-state index in [9.17, 15) is 0 Å². The molecular weight excluding hydrogens is 649 g/mol. The zero-order valence-corrected chi connectivity index (χ0v) is 30.8. The minimum Gasteiger partial charge on any atom is -0.292 e. The van der Waals surface area contributed by atoms with E-state index in [1.807, 2.05) is 11.3 Å². The molecule has 0 aliphatic rings. The Balaban J connectivity index is 1.25. The SMILES string of the molecule is CC(C)c1cc(-c2ccccc2)cc(C(C)C)c1-n1c(-c2cccc3c2sc2cc(-c4cccc(-c5ccccc5)c4)ccc23)nc2ccccc21. The van der Waals surface area contributed by atoms with Gasteiger partial charge in [0.1, 0.15) is 5.82 Å². The van der Waals surface area contributed by atoms with Gasteiger partial charge in [0, 0.05) is 25.7 Å². The quantitative estimate of drug-likeness (QED) is 0.163. The molecule has 0 saturated carbocycles. The Labute approximate surface area is 309 Å².